The van der Waals surface area contributed by atoms with E-state index in [9.17, 15) is 0 Å². The van der Waals surface area contributed by atoms with E-state index in [1.165, 1.54) is 18.5 Å². The van der Waals surface area contributed by atoms with Crippen LogP contribution in [-0.2, 0) is 25.9 Å². The quantitative estimate of drug-likeness (QED) is 0.807. The molecule has 94 valence electrons. The topological polar surface area (TPSA) is 47.1 Å². The van der Waals surface area contributed by atoms with Gasteiger partial charge in [0.25, 0.3) is 0 Å². The van der Waals surface area contributed by atoms with Crippen molar-refractivity contribution in [3.05, 3.63) is 29.7 Å². The highest BCUT2D eigenvalue weighted by Crippen LogP contribution is 2.25. The zero-order valence-electron chi connectivity index (χ0n) is 10.3. The summed E-state index contributed by atoms with van der Waals surface area (Å²) >= 11 is 0. The Kier molecular flexibility index (Phi) is 2.18. The van der Waals surface area contributed by atoms with Crippen molar-refractivity contribution in [3.8, 4) is 0 Å². The molecule has 0 saturated carbocycles. The third-order valence-electron chi connectivity index (χ3n) is 3.80. The van der Waals surface area contributed by atoms with Gasteiger partial charge < -0.3 is 13.9 Å². The normalized spacial score (nSPS) is 17.9. The van der Waals surface area contributed by atoms with Crippen molar-refractivity contribution in [2.24, 2.45) is 0 Å². The summed E-state index contributed by atoms with van der Waals surface area (Å²) in [5.74, 6) is 2.99. The molecule has 5 heteroatoms. The van der Waals surface area contributed by atoms with E-state index in [1.54, 1.807) is 0 Å². The molecule has 0 unspecified atom stereocenters. The van der Waals surface area contributed by atoms with Gasteiger partial charge in [0.05, 0.1) is 12.2 Å². The zero-order chi connectivity index (χ0) is 11.9. The molecule has 2 aromatic rings. The first kappa shape index (κ1) is 10.2. The lowest BCUT2D eigenvalue weighted by molar-refractivity contribution is 0.436. The number of aromatic nitrogens is 3. The minimum absolute atomic E-state index is 0.740. The molecule has 0 aromatic carbocycles. The van der Waals surface area contributed by atoms with Crippen LogP contribution in [0.2, 0.25) is 0 Å². The largest absolute Gasteiger partial charge is 0.443 e. The maximum absolute atomic E-state index is 5.87. The molecule has 0 atom stereocenters. The number of aryl methyl sites for hydroxylation is 2. The van der Waals surface area contributed by atoms with Crippen LogP contribution in [0.5, 0.6) is 0 Å². The molecular formula is C13H16N4O. The summed E-state index contributed by atoms with van der Waals surface area (Å²) in [6, 6.07) is 0. The van der Waals surface area contributed by atoms with Crippen molar-refractivity contribution in [1.82, 2.24) is 14.5 Å². The second-order valence-electron chi connectivity index (χ2n) is 5.03. The van der Waals surface area contributed by atoms with Crippen molar-refractivity contribution in [1.29, 1.82) is 0 Å². The molecule has 0 spiro atoms. The van der Waals surface area contributed by atoms with E-state index in [4.69, 9.17) is 4.42 Å². The number of rotatable bonds is 2. The van der Waals surface area contributed by atoms with Crippen LogP contribution in [0.15, 0.2) is 16.8 Å². The summed E-state index contributed by atoms with van der Waals surface area (Å²) in [5.41, 5.74) is 1.18. The standard InChI is InChI=1S/C13H16N4O/c1-2-4-11-10(3-1)15-12(18-11)9-17-8-7-16-6-5-14-13(16)17/h5-6H,1-4,7-9H2. The average molecular weight is 244 g/mol. The van der Waals surface area contributed by atoms with E-state index in [-0.39, 0.29) is 0 Å². The smallest absolute Gasteiger partial charge is 0.214 e. The van der Waals surface area contributed by atoms with Crippen LogP contribution in [0.25, 0.3) is 0 Å². The number of oxazole rings is 1. The van der Waals surface area contributed by atoms with Gasteiger partial charge in [-0.05, 0) is 19.3 Å². The van der Waals surface area contributed by atoms with Gasteiger partial charge in [-0.15, -0.1) is 0 Å². The van der Waals surface area contributed by atoms with Gasteiger partial charge in [0, 0.05) is 31.9 Å². The van der Waals surface area contributed by atoms with Gasteiger partial charge in [-0.3, -0.25) is 0 Å². The Hall–Kier alpha value is -1.78. The summed E-state index contributed by atoms with van der Waals surface area (Å²) in [7, 11) is 0. The van der Waals surface area contributed by atoms with Gasteiger partial charge in [0.1, 0.15) is 5.76 Å². The second-order valence-corrected chi connectivity index (χ2v) is 5.03. The summed E-state index contributed by atoms with van der Waals surface area (Å²) in [6.07, 6.45) is 8.48. The van der Waals surface area contributed by atoms with Gasteiger partial charge in [0.15, 0.2) is 0 Å². The molecule has 4 rings (SSSR count). The first-order chi connectivity index (χ1) is 8.90. The summed E-state index contributed by atoms with van der Waals surface area (Å²) in [6.45, 7) is 2.75. The van der Waals surface area contributed by atoms with E-state index in [0.29, 0.717) is 0 Å². The minimum atomic E-state index is 0.740. The number of nitrogens with zero attached hydrogens (tertiary/aromatic N) is 4. The van der Waals surface area contributed by atoms with E-state index in [0.717, 1.165) is 50.1 Å². The fraction of sp³-hybridized carbons (Fsp3) is 0.538. The predicted molar refractivity (Wildman–Crippen MR) is 66.4 cm³/mol. The maximum atomic E-state index is 5.87. The highest BCUT2D eigenvalue weighted by atomic mass is 16.4. The first-order valence-electron chi connectivity index (χ1n) is 6.64. The van der Waals surface area contributed by atoms with E-state index in [1.807, 2.05) is 12.4 Å². The molecule has 0 saturated heterocycles. The fourth-order valence-corrected chi connectivity index (χ4v) is 2.87. The molecule has 18 heavy (non-hydrogen) atoms. The molecule has 1 aliphatic heterocycles. The SMILES string of the molecule is c1cn2c(n1)N(Cc1nc3c(o1)CCCC3)CC2. The van der Waals surface area contributed by atoms with Crippen LogP contribution in [0.3, 0.4) is 0 Å². The molecule has 0 N–H and O–H groups in total. The number of hydrogen-bond donors (Lipinski definition) is 0. The highest BCUT2D eigenvalue weighted by Gasteiger charge is 2.23. The monoisotopic (exact) mass is 244 g/mol. The Morgan fingerprint density at radius 3 is 3.11 bits per heavy atom. The van der Waals surface area contributed by atoms with Crippen LogP contribution < -0.4 is 4.90 Å². The number of hydrogen-bond acceptors (Lipinski definition) is 4. The lowest BCUT2D eigenvalue weighted by Gasteiger charge is -2.12. The van der Waals surface area contributed by atoms with E-state index < -0.39 is 0 Å². The third kappa shape index (κ3) is 1.54. The van der Waals surface area contributed by atoms with Gasteiger partial charge in [-0.2, -0.15) is 0 Å². The van der Waals surface area contributed by atoms with Crippen molar-refractivity contribution in [2.75, 3.05) is 11.4 Å². The van der Waals surface area contributed by atoms with Gasteiger partial charge >= 0.3 is 0 Å². The van der Waals surface area contributed by atoms with E-state index >= 15 is 0 Å². The van der Waals surface area contributed by atoms with Gasteiger partial charge in [-0.25, -0.2) is 9.97 Å². The molecule has 3 heterocycles. The molecule has 0 fully saturated rings. The van der Waals surface area contributed by atoms with Gasteiger partial charge in [0.2, 0.25) is 11.8 Å². The Balaban J connectivity index is 1.57. The number of imidazole rings is 1. The molecule has 2 aliphatic rings. The first-order valence-corrected chi connectivity index (χ1v) is 6.64. The van der Waals surface area contributed by atoms with Crippen LogP contribution in [0, 0.1) is 0 Å². The average Bonchev–Trinajstić information content (AvgIpc) is 3.05. The van der Waals surface area contributed by atoms with Crippen LogP contribution in [-0.4, -0.2) is 21.1 Å². The Morgan fingerprint density at radius 2 is 2.17 bits per heavy atom. The maximum Gasteiger partial charge on any atom is 0.214 e. The molecule has 0 amide bonds. The Bertz CT molecular complexity index is 548. The predicted octanol–water partition coefficient (Wildman–Crippen LogP) is 1.77. The van der Waals surface area contributed by atoms with E-state index in [2.05, 4.69) is 19.4 Å². The van der Waals surface area contributed by atoms with Gasteiger partial charge in [-0.1, -0.05) is 0 Å². The molecule has 2 aromatic heterocycles. The fourth-order valence-electron chi connectivity index (χ4n) is 2.87. The lowest BCUT2D eigenvalue weighted by atomic mass is 10.0. The number of anilines is 1. The third-order valence-corrected chi connectivity index (χ3v) is 3.80. The lowest BCUT2D eigenvalue weighted by Crippen LogP contribution is -2.20. The molecule has 5 nitrogen and oxygen atoms in total. The minimum Gasteiger partial charge on any atom is -0.443 e. The number of fused-ring (bicyclic) bond motifs is 2. The summed E-state index contributed by atoms with van der Waals surface area (Å²) < 4.78 is 8.04. The molecular weight excluding hydrogens is 228 g/mol. The molecule has 0 radical (unpaired) electrons. The van der Waals surface area contributed by atoms with Crippen molar-refractivity contribution in [3.63, 3.8) is 0 Å². The summed E-state index contributed by atoms with van der Waals surface area (Å²) in [4.78, 5) is 11.2. The van der Waals surface area contributed by atoms with Crippen LogP contribution >= 0.6 is 0 Å². The zero-order valence-corrected chi connectivity index (χ0v) is 10.3. The van der Waals surface area contributed by atoms with Crippen molar-refractivity contribution in [2.45, 2.75) is 38.8 Å². The Labute approximate surface area is 105 Å². The highest BCUT2D eigenvalue weighted by molar-refractivity contribution is 5.35. The summed E-state index contributed by atoms with van der Waals surface area (Å²) in [5, 5.41) is 0. The molecule has 1 aliphatic carbocycles. The van der Waals surface area contributed by atoms with Crippen LogP contribution in [0.4, 0.5) is 5.95 Å². The molecule has 0 bridgehead atoms. The Morgan fingerprint density at radius 1 is 1.22 bits per heavy atom. The van der Waals surface area contributed by atoms with Crippen LogP contribution in [0.1, 0.15) is 30.2 Å². The van der Waals surface area contributed by atoms with Crippen molar-refractivity contribution >= 4 is 5.95 Å². The van der Waals surface area contributed by atoms with Crippen molar-refractivity contribution < 1.29 is 4.42 Å². The second kappa shape index (κ2) is 3.86.